The van der Waals surface area contributed by atoms with Gasteiger partial charge in [0.2, 0.25) is 17.5 Å². The zero-order chi connectivity index (χ0) is 22.4. The summed E-state index contributed by atoms with van der Waals surface area (Å²) in [7, 11) is 0. The number of aliphatic hydroxyl groups is 4. The first-order valence-corrected chi connectivity index (χ1v) is 9.04. The SMILES string of the molecule is O=c1c(O[C@@H]2O[C@@H](O)[C@H](O)[C@@H](O)[C@H]2O)c(-c2ccc(O)cc2)oc2cc(O)cc(O)c12. The van der Waals surface area contributed by atoms with E-state index in [0.717, 1.165) is 12.1 Å². The van der Waals surface area contributed by atoms with E-state index in [2.05, 4.69) is 0 Å². The van der Waals surface area contributed by atoms with Gasteiger partial charge in [0.15, 0.2) is 12.1 Å². The highest BCUT2D eigenvalue weighted by Gasteiger charge is 2.45. The fraction of sp³-hybridized carbons (Fsp3) is 0.250. The lowest BCUT2D eigenvalue weighted by atomic mass is 10.0. The molecular formula is C20H18O11. The molecule has 1 aliphatic rings. The Morgan fingerprint density at radius 2 is 1.52 bits per heavy atom. The lowest BCUT2D eigenvalue weighted by molar-refractivity contribution is -0.321. The van der Waals surface area contributed by atoms with Gasteiger partial charge in [-0.05, 0) is 24.3 Å². The number of aromatic hydroxyl groups is 3. The van der Waals surface area contributed by atoms with Crippen LogP contribution in [0.1, 0.15) is 0 Å². The average Bonchev–Trinajstić information content (AvgIpc) is 2.72. The minimum absolute atomic E-state index is 0.0732. The molecule has 11 nitrogen and oxygen atoms in total. The Balaban J connectivity index is 1.90. The van der Waals surface area contributed by atoms with E-state index in [9.17, 15) is 40.5 Å². The van der Waals surface area contributed by atoms with Crippen molar-refractivity contribution >= 4 is 11.0 Å². The molecule has 0 amide bonds. The summed E-state index contributed by atoms with van der Waals surface area (Å²) in [5.41, 5.74) is -0.854. The maximum Gasteiger partial charge on any atom is 0.239 e. The van der Waals surface area contributed by atoms with E-state index in [1.165, 1.54) is 24.3 Å². The third-order valence-electron chi connectivity index (χ3n) is 4.83. The zero-order valence-corrected chi connectivity index (χ0v) is 15.6. The molecule has 0 aliphatic carbocycles. The summed E-state index contributed by atoms with van der Waals surface area (Å²) in [6.07, 6.45) is -9.22. The van der Waals surface area contributed by atoms with Gasteiger partial charge in [-0.3, -0.25) is 4.79 Å². The van der Waals surface area contributed by atoms with E-state index in [0.29, 0.717) is 0 Å². The predicted octanol–water partition coefficient (Wildman–Crippen LogP) is -0.287. The molecule has 0 spiro atoms. The molecule has 2 heterocycles. The van der Waals surface area contributed by atoms with Crippen LogP contribution in [0.3, 0.4) is 0 Å². The standard InChI is InChI=1S/C20H18O11/c21-8-3-1-7(2-4-8)17-18(30-20-16(27)14(25)15(26)19(28)31-20)13(24)12-10(23)5-9(22)6-11(12)29-17/h1-6,14-16,19-23,25-28H/t14-,15-,16-,19-,20-/m1/s1. The van der Waals surface area contributed by atoms with Crippen LogP contribution in [0.5, 0.6) is 23.0 Å². The second-order valence-electron chi connectivity index (χ2n) is 6.96. The first-order chi connectivity index (χ1) is 14.7. The van der Waals surface area contributed by atoms with Crippen LogP contribution in [0.4, 0.5) is 0 Å². The van der Waals surface area contributed by atoms with Crippen LogP contribution in [0, 0.1) is 0 Å². The molecule has 164 valence electrons. The molecular weight excluding hydrogens is 416 g/mol. The minimum atomic E-state index is -1.92. The second kappa shape index (κ2) is 7.72. The van der Waals surface area contributed by atoms with E-state index in [1.807, 2.05) is 0 Å². The van der Waals surface area contributed by atoms with Crippen molar-refractivity contribution in [2.24, 2.45) is 0 Å². The molecule has 1 aromatic heterocycles. The number of fused-ring (bicyclic) bond motifs is 1. The molecule has 0 saturated carbocycles. The van der Waals surface area contributed by atoms with Gasteiger partial charge in [0.05, 0.1) is 0 Å². The first-order valence-electron chi connectivity index (χ1n) is 9.04. The monoisotopic (exact) mass is 434 g/mol. The summed E-state index contributed by atoms with van der Waals surface area (Å²) in [6.45, 7) is 0. The van der Waals surface area contributed by atoms with Crippen molar-refractivity contribution in [2.45, 2.75) is 30.9 Å². The van der Waals surface area contributed by atoms with Gasteiger partial charge in [0.25, 0.3) is 0 Å². The van der Waals surface area contributed by atoms with Crippen molar-refractivity contribution in [1.82, 2.24) is 0 Å². The number of rotatable bonds is 3. The van der Waals surface area contributed by atoms with E-state index >= 15 is 0 Å². The van der Waals surface area contributed by atoms with E-state index in [4.69, 9.17) is 13.9 Å². The van der Waals surface area contributed by atoms with E-state index < -0.39 is 47.8 Å². The number of benzene rings is 2. The van der Waals surface area contributed by atoms with Gasteiger partial charge in [-0.25, -0.2) is 0 Å². The largest absolute Gasteiger partial charge is 0.508 e. The number of phenolic OH excluding ortho intramolecular Hbond substituents is 3. The minimum Gasteiger partial charge on any atom is -0.508 e. The highest BCUT2D eigenvalue weighted by atomic mass is 16.7. The van der Waals surface area contributed by atoms with Crippen molar-refractivity contribution in [3.63, 3.8) is 0 Å². The average molecular weight is 434 g/mol. The van der Waals surface area contributed by atoms with Gasteiger partial charge in [0, 0.05) is 17.7 Å². The molecule has 0 unspecified atom stereocenters. The van der Waals surface area contributed by atoms with Crippen molar-refractivity contribution in [3.8, 4) is 34.3 Å². The van der Waals surface area contributed by atoms with Gasteiger partial charge in [-0.15, -0.1) is 0 Å². The lowest BCUT2D eigenvalue weighted by Crippen LogP contribution is -2.59. The van der Waals surface area contributed by atoms with Crippen molar-refractivity contribution in [2.75, 3.05) is 0 Å². The zero-order valence-electron chi connectivity index (χ0n) is 15.6. The Morgan fingerprint density at radius 3 is 2.19 bits per heavy atom. The summed E-state index contributed by atoms with van der Waals surface area (Å²) in [6, 6.07) is 7.40. The molecule has 7 N–H and O–H groups in total. The molecule has 1 saturated heterocycles. The Morgan fingerprint density at radius 1 is 0.839 bits per heavy atom. The highest BCUT2D eigenvalue weighted by molar-refractivity contribution is 5.88. The number of ether oxygens (including phenoxy) is 2. The molecule has 5 atom stereocenters. The third kappa shape index (κ3) is 3.65. The van der Waals surface area contributed by atoms with Gasteiger partial charge < -0.3 is 49.6 Å². The molecule has 0 radical (unpaired) electrons. The Bertz CT molecular complexity index is 1170. The summed E-state index contributed by atoms with van der Waals surface area (Å²) >= 11 is 0. The van der Waals surface area contributed by atoms with Crippen LogP contribution in [0.2, 0.25) is 0 Å². The van der Waals surface area contributed by atoms with E-state index in [1.54, 1.807) is 0 Å². The smallest absolute Gasteiger partial charge is 0.239 e. The van der Waals surface area contributed by atoms with Crippen molar-refractivity contribution in [1.29, 1.82) is 0 Å². The Kier molecular flexibility index (Phi) is 5.21. The summed E-state index contributed by atoms with van der Waals surface area (Å²) in [4.78, 5) is 13.1. The first kappa shape index (κ1) is 20.9. The van der Waals surface area contributed by atoms with Crippen LogP contribution in [0.15, 0.2) is 45.6 Å². The van der Waals surface area contributed by atoms with Crippen LogP contribution < -0.4 is 10.2 Å². The van der Waals surface area contributed by atoms with Gasteiger partial charge in [-0.1, -0.05) is 0 Å². The fourth-order valence-corrected chi connectivity index (χ4v) is 3.22. The summed E-state index contributed by atoms with van der Waals surface area (Å²) < 4.78 is 16.1. The normalized spacial score (nSPS) is 26.1. The number of aliphatic hydroxyl groups excluding tert-OH is 4. The number of hydrogen-bond donors (Lipinski definition) is 7. The highest BCUT2D eigenvalue weighted by Crippen LogP contribution is 2.37. The predicted molar refractivity (Wildman–Crippen MR) is 102 cm³/mol. The maximum atomic E-state index is 13.1. The fourth-order valence-electron chi connectivity index (χ4n) is 3.22. The molecule has 3 aromatic rings. The summed E-state index contributed by atoms with van der Waals surface area (Å²) in [5.74, 6) is -1.82. The lowest BCUT2D eigenvalue weighted by Gasteiger charge is -2.37. The van der Waals surface area contributed by atoms with Crippen LogP contribution >= 0.6 is 0 Å². The molecule has 1 fully saturated rings. The molecule has 11 heteroatoms. The van der Waals surface area contributed by atoms with Crippen LogP contribution in [-0.2, 0) is 4.74 Å². The molecule has 31 heavy (non-hydrogen) atoms. The molecule has 2 aromatic carbocycles. The maximum absolute atomic E-state index is 13.1. The van der Waals surface area contributed by atoms with Crippen LogP contribution in [0.25, 0.3) is 22.3 Å². The topological polar surface area (TPSA) is 190 Å². The quantitative estimate of drug-likeness (QED) is 0.287. The second-order valence-corrected chi connectivity index (χ2v) is 6.96. The van der Waals surface area contributed by atoms with Gasteiger partial charge in [0.1, 0.15) is 46.5 Å². The molecule has 4 rings (SSSR count). The Labute approximate surface area is 173 Å². The van der Waals surface area contributed by atoms with Crippen molar-refractivity contribution < 1.29 is 49.6 Å². The van der Waals surface area contributed by atoms with Crippen molar-refractivity contribution in [3.05, 3.63) is 46.6 Å². The molecule has 0 bridgehead atoms. The summed E-state index contributed by atoms with van der Waals surface area (Å²) in [5, 5.41) is 68.4. The van der Waals surface area contributed by atoms with Crippen LogP contribution in [-0.4, -0.2) is 66.6 Å². The third-order valence-corrected chi connectivity index (χ3v) is 4.83. The number of phenols is 3. The van der Waals surface area contributed by atoms with Gasteiger partial charge >= 0.3 is 0 Å². The Hall–Kier alpha value is -3.35. The number of hydrogen-bond acceptors (Lipinski definition) is 11. The van der Waals surface area contributed by atoms with Gasteiger partial charge in [-0.2, -0.15) is 0 Å². The molecule has 1 aliphatic heterocycles. The van der Waals surface area contributed by atoms with E-state index in [-0.39, 0.29) is 33.8 Å².